The third-order valence-electron chi connectivity index (χ3n) is 5.49. The van der Waals surface area contributed by atoms with E-state index >= 15 is 0 Å². The van der Waals surface area contributed by atoms with Crippen LogP contribution < -0.4 is 9.64 Å². The van der Waals surface area contributed by atoms with E-state index in [0.29, 0.717) is 36.7 Å². The molecule has 4 rings (SSSR count). The number of piperazine rings is 1. The molecular weight excluding hydrogens is 409 g/mol. The number of hydrogen-bond donors (Lipinski definition) is 0. The summed E-state index contributed by atoms with van der Waals surface area (Å²) in [5.41, 5.74) is 1.97. The van der Waals surface area contributed by atoms with Crippen LogP contribution >= 0.6 is 11.6 Å². The van der Waals surface area contributed by atoms with Crippen LogP contribution in [0.15, 0.2) is 30.5 Å². The molecule has 1 aliphatic rings. The first kappa shape index (κ1) is 20.4. The number of fused-ring (bicyclic) bond motifs is 1. The van der Waals surface area contributed by atoms with Gasteiger partial charge >= 0.3 is 0 Å². The smallest absolute Gasteiger partial charge is 0.244 e. The molecule has 1 aromatic carbocycles. The van der Waals surface area contributed by atoms with E-state index < -0.39 is 5.82 Å². The van der Waals surface area contributed by atoms with Crippen LogP contribution in [0.3, 0.4) is 0 Å². The Labute approximate surface area is 179 Å². The van der Waals surface area contributed by atoms with Crippen molar-refractivity contribution in [2.45, 2.75) is 26.4 Å². The summed E-state index contributed by atoms with van der Waals surface area (Å²) < 4.78 is 21.4. The fourth-order valence-corrected chi connectivity index (χ4v) is 4.19. The summed E-state index contributed by atoms with van der Waals surface area (Å²) in [4.78, 5) is 21.1. The number of carbonyl (C=O) groups excluding carboxylic acids is 1. The number of aryl methyl sites for hydroxylation is 1. The van der Waals surface area contributed by atoms with Gasteiger partial charge in [0.05, 0.1) is 23.5 Å². The number of rotatable bonds is 4. The number of halogens is 2. The Kier molecular flexibility index (Phi) is 5.51. The largest absolute Gasteiger partial charge is 0.495 e. The summed E-state index contributed by atoms with van der Waals surface area (Å²) >= 11 is 6.00. The van der Waals surface area contributed by atoms with Crippen molar-refractivity contribution < 1.29 is 13.9 Å². The quantitative estimate of drug-likeness (QED) is 0.634. The Hall–Kier alpha value is -2.87. The lowest BCUT2D eigenvalue weighted by atomic mass is 10.1. The number of nitrogens with zero attached hydrogens (tertiary/aromatic N) is 5. The van der Waals surface area contributed by atoms with Crippen molar-refractivity contribution in [1.29, 1.82) is 0 Å². The maximum Gasteiger partial charge on any atom is 0.244 e. The second-order valence-electron chi connectivity index (χ2n) is 7.44. The molecule has 0 N–H and O–H groups in total. The minimum absolute atomic E-state index is 0.0358. The molecule has 1 saturated heterocycles. The van der Waals surface area contributed by atoms with Crippen molar-refractivity contribution in [1.82, 2.24) is 19.7 Å². The lowest BCUT2D eigenvalue weighted by Crippen LogP contribution is -2.55. The van der Waals surface area contributed by atoms with Crippen LogP contribution in [0.25, 0.3) is 11.0 Å². The molecule has 3 heterocycles. The van der Waals surface area contributed by atoms with Crippen LogP contribution in [0, 0.1) is 12.7 Å². The number of ether oxygens (including phenoxy) is 1. The standard InChI is InChI=1S/C21H23ClFN5O2/c1-13-11-26(18-10-19(30-3)16(22)9-17(18)23)7-8-27(13)20(29)12-28-21-15(14(2)25-28)5-4-6-24-21/h4-6,9-10,13H,7-8,11-12H2,1-3H3/t13-/m0/s1. The average molecular weight is 432 g/mol. The molecule has 0 radical (unpaired) electrons. The number of pyridine rings is 1. The van der Waals surface area contributed by atoms with Gasteiger partial charge in [-0.15, -0.1) is 0 Å². The van der Waals surface area contributed by atoms with E-state index in [-0.39, 0.29) is 23.5 Å². The van der Waals surface area contributed by atoms with Crippen molar-refractivity contribution in [3.8, 4) is 5.75 Å². The van der Waals surface area contributed by atoms with E-state index in [1.165, 1.54) is 13.2 Å². The molecule has 1 amide bonds. The van der Waals surface area contributed by atoms with E-state index in [9.17, 15) is 9.18 Å². The molecule has 0 aliphatic carbocycles. The lowest BCUT2D eigenvalue weighted by molar-refractivity contribution is -0.134. The zero-order chi connectivity index (χ0) is 21.4. The number of benzene rings is 1. The van der Waals surface area contributed by atoms with Crippen molar-refractivity contribution in [2.75, 3.05) is 31.6 Å². The molecule has 0 spiro atoms. The van der Waals surface area contributed by atoms with Gasteiger partial charge in [-0.3, -0.25) is 4.79 Å². The number of carbonyl (C=O) groups is 1. The molecule has 30 heavy (non-hydrogen) atoms. The van der Waals surface area contributed by atoms with Gasteiger partial charge in [-0.2, -0.15) is 5.10 Å². The fourth-order valence-electron chi connectivity index (χ4n) is 3.96. The molecule has 2 aromatic heterocycles. The Balaban J connectivity index is 1.49. The molecule has 0 saturated carbocycles. The van der Waals surface area contributed by atoms with Crippen molar-refractivity contribution >= 4 is 34.2 Å². The van der Waals surface area contributed by atoms with Gasteiger partial charge in [-0.05, 0) is 32.0 Å². The van der Waals surface area contributed by atoms with E-state index in [0.717, 1.165) is 11.1 Å². The average Bonchev–Trinajstić information content (AvgIpc) is 3.03. The topological polar surface area (TPSA) is 63.5 Å². The van der Waals surface area contributed by atoms with E-state index in [1.807, 2.05) is 35.8 Å². The summed E-state index contributed by atoms with van der Waals surface area (Å²) in [6.07, 6.45) is 1.70. The van der Waals surface area contributed by atoms with E-state index in [1.54, 1.807) is 16.9 Å². The zero-order valence-electron chi connectivity index (χ0n) is 17.1. The van der Waals surface area contributed by atoms with E-state index in [4.69, 9.17) is 16.3 Å². The van der Waals surface area contributed by atoms with Crippen molar-refractivity contribution in [3.63, 3.8) is 0 Å². The fraction of sp³-hybridized carbons (Fsp3) is 0.381. The number of aromatic nitrogens is 3. The van der Waals surface area contributed by atoms with Crippen molar-refractivity contribution in [3.05, 3.63) is 47.0 Å². The van der Waals surface area contributed by atoms with Gasteiger partial charge in [0.1, 0.15) is 18.1 Å². The third kappa shape index (κ3) is 3.67. The van der Waals surface area contributed by atoms with Crippen molar-refractivity contribution in [2.24, 2.45) is 0 Å². The lowest BCUT2D eigenvalue weighted by Gasteiger charge is -2.41. The van der Waals surface area contributed by atoms with Crippen LogP contribution in [0.5, 0.6) is 5.75 Å². The predicted octanol–water partition coefficient (Wildman–Crippen LogP) is 3.28. The summed E-state index contributed by atoms with van der Waals surface area (Å²) in [6.45, 7) is 5.48. The molecular formula is C21H23ClFN5O2. The van der Waals surface area contributed by atoms with Gasteiger partial charge in [0.15, 0.2) is 5.65 Å². The third-order valence-corrected chi connectivity index (χ3v) is 5.78. The first-order valence-electron chi connectivity index (χ1n) is 9.74. The van der Waals surface area contributed by atoms with Crippen LogP contribution in [0.4, 0.5) is 10.1 Å². The molecule has 1 aliphatic heterocycles. The minimum atomic E-state index is -0.405. The first-order valence-corrected chi connectivity index (χ1v) is 10.1. The van der Waals surface area contributed by atoms with Gasteiger partial charge in [0.25, 0.3) is 0 Å². The van der Waals surface area contributed by atoms with Gasteiger partial charge in [0.2, 0.25) is 5.91 Å². The highest BCUT2D eigenvalue weighted by atomic mass is 35.5. The SMILES string of the molecule is COc1cc(N2CCN(C(=O)Cn3nc(C)c4cccnc43)[C@@H](C)C2)c(F)cc1Cl. The zero-order valence-corrected chi connectivity index (χ0v) is 17.9. The number of hydrogen-bond acceptors (Lipinski definition) is 5. The summed E-state index contributed by atoms with van der Waals surface area (Å²) in [7, 11) is 1.50. The van der Waals surface area contributed by atoms with Crippen LogP contribution in [-0.4, -0.2) is 58.4 Å². The maximum atomic E-state index is 14.5. The molecule has 158 valence electrons. The molecule has 9 heteroatoms. The maximum absolute atomic E-state index is 14.5. The first-order chi connectivity index (χ1) is 14.4. The van der Waals surface area contributed by atoms with Crippen LogP contribution in [0.2, 0.25) is 5.02 Å². The minimum Gasteiger partial charge on any atom is -0.495 e. The predicted molar refractivity (Wildman–Crippen MR) is 114 cm³/mol. The molecule has 3 aromatic rings. The highest BCUT2D eigenvalue weighted by Crippen LogP contribution is 2.33. The second kappa shape index (κ2) is 8.10. The molecule has 7 nitrogen and oxygen atoms in total. The highest BCUT2D eigenvalue weighted by Gasteiger charge is 2.29. The number of methoxy groups -OCH3 is 1. The molecule has 1 fully saturated rings. The Bertz CT molecular complexity index is 1100. The molecule has 0 unspecified atom stereocenters. The molecule has 0 bridgehead atoms. The van der Waals surface area contributed by atoms with Crippen LogP contribution in [-0.2, 0) is 11.3 Å². The monoisotopic (exact) mass is 431 g/mol. The summed E-state index contributed by atoms with van der Waals surface area (Å²) in [5.74, 6) is -0.0173. The van der Waals surface area contributed by atoms with E-state index in [2.05, 4.69) is 10.1 Å². The van der Waals surface area contributed by atoms with Gasteiger partial charge in [0, 0.05) is 43.3 Å². The summed E-state index contributed by atoms with van der Waals surface area (Å²) in [5, 5.41) is 5.64. The second-order valence-corrected chi connectivity index (χ2v) is 7.85. The van der Waals surface area contributed by atoms with Gasteiger partial charge < -0.3 is 14.5 Å². The van der Waals surface area contributed by atoms with Gasteiger partial charge in [-0.1, -0.05) is 11.6 Å². The van der Waals surface area contributed by atoms with Crippen LogP contribution in [0.1, 0.15) is 12.6 Å². The Morgan fingerprint density at radius 2 is 2.17 bits per heavy atom. The normalized spacial score (nSPS) is 16.9. The Morgan fingerprint density at radius 1 is 1.37 bits per heavy atom. The summed E-state index contributed by atoms with van der Waals surface area (Å²) in [6, 6.07) is 6.57. The Morgan fingerprint density at radius 3 is 2.90 bits per heavy atom. The number of amides is 1. The highest BCUT2D eigenvalue weighted by molar-refractivity contribution is 6.32. The number of anilines is 1. The molecule has 1 atom stereocenters. The van der Waals surface area contributed by atoms with Gasteiger partial charge in [-0.25, -0.2) is 14.1 Å².